The zero-order valence-electron chi connectivity index (χ0n) is 12.4. The van der Waals surface area contributed by atoms with Gasteiger partial charge < -0.3 is 9.73 Å². The number of amides is 1. The van der Waals surface area contributed by atoms with Gasteiger partial charge in [-0.2, -0.15) is 0 Å². The van der Waals surface area contributed by atoms with Crippen LogP contribution in [-0.4, -0.2) is 10.9 Å². The fourth-order valence-electron chi connectivity index (χ4n) is 2.23. The fourth-order valence-corrected chi connectivity index (χ4v) is 2.60. The summed E-state index contributed by atoms with van der Waals surface area (Å²) < 4.78 is 5.73. The van der Waals surface area contributed by atoms with Crippen LogP contribution in [0.1, 0.15) is 19.8 Å². The first-order valence-electron chi connectivity index (χ1n) is 7.22. The Bertz CT molecular complexity index is 874. The van der Waals surface area contributed by atoms with Gasteiger partial charge >= 0.3 is 0 Å². The highest BCUT2D eigenvalue weighted by molar-refractivity contribution is 6.33. The van der Waals surface area contributed by atoms with E-state index in [9.17, 15) is 4.79 Å². The summed E-state index contributed by atoms with van der Waals surface area (Å²) in [4.78, 5) is 16.1. The van der Waals surface area contributed by atoms with Gasteiger partial charge in [-0.1, -0.05) is 30.1 Å². The first-order chi connectivity index (χ1) is 11.1. The lowest BCUT2D eigenvalue weighted by Gasteiger charge is -2.07. The van der Waals surface area contributed by atoms with Crippen molar-refractivity contribution in [3.63, 3.8) is 0 Å². The molecule has 0 spiro atoms. The Balaban J connectivity index is 1.98. The minimum atomic E-state index is -0.0369. The number of nitrogens with one attached hydrogen (secondary N) is 1. The second-order valence-corrected chi connectivity index (χ2v) is 5.97. The summed E-state index contributed by atoms with van der Waals surface area (Å²) in [7, 11) is 0. The zero-order chi connectivity index (χ0) is 16.4. The average Bonchev–Trinajstić information content (AvgIpc) is 2.92. The topological polar surface area (TPSA) is 55.1 Å². The summed E-state index contributed by atoms with van der Waals surface area (Å²) in [5.74, 6) is 0.351. The van der Waals surface area contributed by atoms with Crippen LogP contribution in [0.4, 0.5) is 5.69 Å². The second kappa shape index (κ2) is 6.60. The van der Waals surface area contributed by atoms with Crippen LogP contribution >= 0.6 is 23.2 Å². The van der Waals surface area contributed by atoms with E-state index in [0.29, 0.717) is 44.7 Å². The molecule has 0 aliphatic heterocycles. The van der Waals surface area contributed by atoms with Gasteiger partial charge in [0.25, 0.3) is 0 Å². The molecule has 1 heterocycles. The van der Waals surface area contributed by atoms with E-state index in [-0.39, 0.29) is 5.91 Å². The van der Waals surface area contributed by atoms with Crippen molar-refractivity contribution < 1.29 is 9.21 Å². The lowest BCUT2D eigenvalue weighted by atomic mass is 10.2. The van der Waals surface area contributed by atoms with E-state index in [1.807, 2.05) is 6.92 Å². The highest BCUT2D eigenvalue weighted by Gasteiger charge is 2.13. The van der Waals surface area contributed by atoms with Crippen molar-refractivity contribution >= 4 is 45.9 Å². The summed E-state index contributed by atoms with van der Waals surface area (Å²) in [6, 6.07) is 10.4. The predicted molar refractivity (Wildman–Crippen MR) is 93.0 cm³/mol. The monoisotopic (exact) mass is 348 g/mol. The van der Waals surface area contributed by atoms with Crippen LogP contribution in [0.25, 0.3) is 22.6 Å². The summed E-state index contributed by atoms with van der Waals surface area (Å²) in [5, 5.41) is 3.92. The molecule has 0 bridgehead atoms. The molecule has 0 saturated carbocycles. The minimum absolute atomic E-state index is 0.0369. The van der Waals surface area contributed by atoms with Crippen LogP contribution in [0.15, 0.2) is 40.8 Å². The van der Waals surface area contributed by atoms with Crippen molar-refractivity contribution in [2.75, 3.05) is 5.32 Å². The molecule has 0 radical (unpaired) electrons. The number of rotatable bonds is 4. The highest BCUT2D eigenvalue weighted by atomic mass is 35.5. The number of carbonyl (C=O) groups excluding carboxylic acids is 1. The lowest BCUT2D eigenvalue weighted by molar-refractivity contribution is -0.116. The van der Waals surface area contributed by atoms with Gasteiger partial charge in [-0.05, 0) is 42.8 Å². The molecule has 2 aromatic carbocycles. The molecule has 0 unspecified atom stereocenters. The van der Waals surface area contributed by atoms with E-state index < -0.39 is 0 Å². The zero-order valence-corrected chi connectivity index (χ0v) is 13.9. The summed E-state index contributed by atoms with van der Waals surface area (Å²) >= 11 is 12.2. The van der Waals surface area contributed by atoms with Crippen LogP contribution < -0.4 is 5.32 Å². The maximum atomic E-state index is 11.7. The lowest BCUT2D eigenvalue weighted by Crippen LogP contribution is -2.10. The number of fused-ring (bicyclic) bond motifs is 1. The molecule has 1 aromatic heterocycles. The number of hydrogen-bond donors (Lipinski definition) is 1. The van der Waals surface area contributed by atoms with Crippen LogP contribution in [0.2, 0.25) is 10.0 Å². The molecule has 23 heavy (non-hydrogen) atoms. The van der Waals surface area contributed by atoms with Crippen molar-refractivity contribution in [3.8, 4) is 11.5 Å². The molecule has 1 amide bonds. The number of carbonyl (C=O) groups is 1. The van der Waals surface area contributed by atoms with E-state index in [1.54, 1.807) is 36.4 Å². The molecule has 118 valence electrons. The van der Waals surface area contributed by atoms with E-state index in [2.05, 4.69) is 10.3 Å². The molecule has 6 heteroatoms. The van der Waals surface area contributed by atoms with Gasteiger partial charge in [-0.25, -0.2) is 4.98 Å². The van der Waals surface area contributed by atoms with Gasteiger partial charge in [0, 0.05) is 17.1 Å². The Hall–Kier alpha value is -2.04. The molecule has 3 aromatic rings. The highest BCUT2D eigenvalue weighted by Crippen LogP contribution is 2.33. The number of aromatic nitrogens is 1. The summed E-state index contributed by atoms with van der Waals surface area (Å²) in [5.41, 5.74) is 2.56. The van der Waals surface area contributed by atoms with Gasteiger partial charge in [-0.15, -0.1) is 0 Å². The first kappa shape index (κ1) is 15.8. The summed E-state index contributed by atoms with van der Waals surface area (Å²) in [6.45, 7) is 1.95. The van der Waals surface area contributed by atoms with Crippen molar-refractivity contribution in [2.24, 2.45) is 0 Å². The average molecular weight is 349 g/mol. The van der Waals surface area contributed by atoms with Crippen LogP contribution in [-0.2, 0) is 4.79 Å². The SMILES string of the molecule is CCCC(=O)Nc1ccc(Cl)c(-c2nc3cc(Cl)ccc3o2)c1. The van der Waals surface area contributed by atoms with Gasteiger partial charge in [0.2, 0.25) is 11.8 Å². The van der Waals surface area contributed by atoms with Crippen molar-refractivity contribution in [1.29, 1.82) is 0 Å². The quantitative estimate of drug-likeness (QED) is 0.673. The first-order valence-corrected chi connectivity index (χ1v) is 7.98. The number of oxazole rings is 1. The van der Waals surface area contributed by atoms with E-state index in [1.165, 1.54) is 0 Å². The largest absolute Gasteiger partial charge is 0.436 e. The molecule has 3 rings (SSSR count). The van der Waals surface area contributed by atoms with Gasteiger partial charge in [-0.3, -0.25) is 4.79 Å². The third kappa shape index (κ3) is 3.49. The van der Waals surface area contributed by atoms with Crippen LogP contribution in [0.3, 0.4) is 0 Å². The number of anilines is 1. The Morgan fingerprint density at radius 2 is 2.04 bits per heavy atom. The number of halogens is 2. The smallest absolute Gasteiger partial charge is 0.228 e. The normalized spacial score (nSPS) is 10.9. The summed E-state index contributed by atoms with van der Waals surface area (Å²) in [6.07, 6.45) is 1.26. The van der Waals surface area contributed by atoms with Crippen molar-refractivity contribution in [1.82, 2.24) is 4.98 Å². The van der Waals surface area contributed by atoms with E-state index in [0.717, 1.165) is 6.42 Å². The fraction of sp³-hybridized carbons (Fsp3) is 0.176. The third-order valence-electron chi connectivity index (χ3n) is 3.31. The predicted octanol–water partition coefficient (Wildman–Crippen LogP) is 5.54. The maximum Gasteiger partial charge on any atom is 0.228 e. The minimum Gasteiger partial charge on any atom is -0.436 e. The van der Waals surface area contributed by atoms with Gasteiger partial charge in [0.15, 0.2) is 5.58 Å². The number of nitrogens with zero attached hydrogens (tertiary/aromatic N) is 1. The molecule has 0 aliphatic rings. The number of hydrogen-bond acceptors (Lipinski definition) is 3. The standard InChI is InChI=1S/C17H14Cl2N2O2/c1-2-3-16(22)20-11-5-6-13(19)12(9-11)17-21-14-8-10(18)4-7-15(14)23-17/h4-9H,2-3H2,1H3,(H,20,22). The Morgan fingerprint density at radius 1 is 1.22 bits per heavy atom. The third-order valence-corrected chi connectivity index (χ3v) is 3.87. The van der Waals surface area contributed by atoms with E-state index in [4.69, 9.17) is 27.6 Å². The molecule has 0 aliphatic carbocycles. The van der Waals surface area contributed by atoms with Crippen molar-refractivity contribution in [2.45, 2.75) is 19.8 Å². The van der Waals surface area contributed by atoms with Gasteiger partial charge in [0.1, 0.15) is 5.52 Å². The Kier molecular flexibility index (Phi) is 4.55. The molecular formula is C17H14Cl2N2O2. The molecule has 0 atom stereocenters. The molecule has 0 saturated heterocycles. The molecule has 4 nitrogen and oxygen atoms in total. The van der Waals surface area contributed by atoms with Gasteiger partial charge in [0.05, 0.1) is 10.6 Å². The van der Waals surface area contributed by atoms with Crippen molar-refractivity contribution in [3.05, 3.63) is 46.4 Å². The second-order valence-electron chi connectivity index (χ2n) is 5.12. The maximum absolute atomic E-state index is 11.7. The molecule has 0 fully saturated rings. The number of benzene rings is 2. The Morgan fingerprint density at radius 3 is 2.83 bits per heavy atom. The van der Waals surface area contributed by atoms with E-state index >= 15 is 0 Å². The molecular weight excluding hydrogens is 335 g/mol. The van der Waals surface area contributed by atoms with Crippen LogP contribution in [0, 0.1) is 0 Å². The molecule has 1 N–H and O–H groups in total. The van der Waals surface area contributed by atoms with Crippen LogP contribution in [0.5, 0.6) is 0 Å². The Labute approximate surface area is 143 Å².